The van der Waals surface area contributed by atoms with Crippen LogP contribution in [-0.4, -0.2) is 31.5 Å². The summed E-state index contributed by atoms with van der Waals surface area (Å²) >= 11 is 0. The second-order valence-corrected chi connectivity index (χ2v) is 17.2. The van der Waals surface area contributed by atoms with Crippen molar-refractivity contribution in [3.05, 3.63) is 106 Å². The van der Waals surface area contributed by atoms with Crippen molar-refractivity contribution in [2.24, 2.45) is 29.6 Å². The van der Waals surface area contributed by atoms with Crippen molar-refractivity contribution in [1.82, 2.24) is 0 Å². The zero-order valence-corrected chi connectivity index (χ0v) is 37.7. The highest BCUT2D eigenvalue weighted by molar-refractivity contribution is 5.98. The zero-order chi connectivity index (χ0) is 42.5. The number of ketones is 2. The molecule has 1 aliphatic carbocycles. The summed E-state index contributed by atoms with van der Waals surface area (Å²) in [6.45, 7) is 17.7. The van der Waals surface area contributed by atoms with Crippen LogP contribution >= 0.6 is 0 Å². The molecule has 0 aliphatic heterocycles. The maximum atomic E-state index is 15.9. The molecular formula is C53H77FO4. The van der Waals surface area contributed by atoms with E-state index in [4.69, 9.17) is 9.47 Å². The van der Waals surface area contributed by atoms with Crippen LogP contribution in [0.25, 0.3) is 0 Å². The number of benzene rings is 2. The summed E-state index contributed by atoms with van der Waals surface area (Å²) in [5, 5.41) is 0. The van der Waals surface area contributed by atoms with E-state index < -0.39 is 6.17 Å². The minimum absolute atomic E-state index is 0.0222. The van der Waals surface area contributed by atoms with Gasteiger partial charge in [0.15, 0.2) is 11.6 Å². The van der Waals surface area contributed by atoms with Crippen molar-refractivity contribution in [3.63, 3.8) is 0 Å². The van der Waals surface area contributed by atoms with E-state index in [9.17, 15) is 9.59 Å². The number of carbonyl (C=O) groups is 2. The van der Waals surface area contributed by atoms with Gasteiger partial charge in [0.1, 0.15) is 17.7 Å². The van der Waals surface area contributed by atoms with Crippen molar-refractivity contribution in [1.29, 1.82) is 0 Å². The van der Waals surface area contributed by atoms with Gasteiger partial charge in [0.25, 0.3) is 0 Å². The molecule has 0 N–H and O–H groups in total. The minimum Gasteiger partial charge on any atom is -0.497 e. The van der Waals surface area contributed by atoms with E-state index in [0.717, 1.165) is 99.7 Å². The Labute approximate surface area is 352 Å². The number of hydrogen-bond donors (Lipinski definition) is 0. The fourth-order valence-electron chi connectivity index (χ4n) is 8.55. The highest BCUT2D eigenvalue weighted by Crippen LogP contribution is 2.34. The molecule has 1 saturated carbocycles. The van der Waals surface area contributed by atoms with E-state index in [0.29, 0.717) is 37.7 Å². The van der Waals surface area contributed by atoms with Gasteiger partial charge in [-0.3, -0.25) is 9.59 Å². The largest absolute Gasteiger partial charge is 0.497 e. The van der Waals surface area contributed by atoms with Crippen molar-refractivity contribution in [2.75, 3.05) is 13.7 Å². The van der Waals surface area contributed by atoms with Crippen LogP contribution < -0.4 is 9.47 Å². The number of allylic oxidation sites excluding steroid dienone is 8. The molecule has 320 valence electrons. The predicted octanol–water partition coefficient (Wildman–Crippen LogP) is 14.8. The first kappa shape index (κ1) is 48.6. The number of hydrogen-bond acceptors (Lipinski definition) is 4. The van der Waals surface area contributed by atoms with Gasteiger partial charge in [0, 0.05) is 23.5 Å². The summed E-state index contributed by atoms with van der Waals surface area (Å²) in [4.78, 5) is 27.0. The quantitative estimate of drug-likeness (QED) is 0.0435. The molecule has 0 bridgehead atoms. The van der Waals surface area contributed by atoms with Gasteiger partial charge in [-0.2, -0.15) is 0 Å². The summed E-state index contributed by atoms with van der Waals surface area (Å²) in [7, 11) is 1.64. The first-order valence-corrected chi connectivity index (χ1v) is 22.7. The molecule has 5 heteroatoms. The van der Waals surface area contributed by atoms with Crippen LogP contribution in [0.1, 0.15) is 161 Å². The normalized spacial score (nSPS) is 19.2. The van der Waals surface area contributed by atoms with Crippen LogP contribution in [0, 0.1) is 29.6 Å². The summed E-state index contributed by atoms with van der Waals surface area (Å²) in [5.41, 5.74) is 6.46. The lowest BCUT2D eigenvalue weighted by Gasteiger charge is -2.26. The second kappa shape index (κ2) is 26.4. The van der Waals surface area contributed by atoms with E-state index in [1.165, 1.54) is 22.3 Å². The number of carbonyl (C=O) groups excluding carboxylic acids is 2. The molecule has 1 fully saturated rings. The van der Waals surface area contributed by atoms with Gasteiger partial charge >= 0.3 is 0 Å². The van der Waals surface area contributed by atoms with Crippen LogP contribution in [0.4, 0.5) is 4.39 Å². The van der Waals surface area contributed by atoms with Gasteiger partial charge in [0.05, 0.1) is 13.7 Å². The average Bonchev–Trinajstić information content (AvgIpc) is 3.48. The van der Waals surface area contributed by atoms with Crippen LogP contribution in [0.3, 0.4) is 0 Å². The lowest BCUT2D eigenvalue weighted by atomic mass is 9.81. The Balaban J connectivity index is 1.55. The average molecular weight is 797 g/mol. The third kappa shape index (κ3) is 16.5. The Kier molecular flexibility index (Phi) is 22.1. The third-order valence-electron chi connectivity index (χ3n) is 12.8. The van der Waals surface area contributed by atoms with Gasteiger partial charge in [0.2, 0.25) is 0 Å². The van der Waals surface area contributed by atoms with Gasteiger partial charge < -0.3 is 9.47 Å². The van der Waals surface area contributed by atoms with Crippen molar-refractivity contribution >= 4 is 11.6 Å². The number of alkyl halides is 1. The highest BCUT2D eigenvalue weighted by atomic mass is 19.1. The predicted molar refractivity (Wildman–Crippen MR) is 243 cm³/mol. The Morgan fingerprint density at radius 1 is 0.862 bits per heavy atom. The maximum absolute atomic E-state index is 15.9. The summed E-state index contributed by atoms with van der Waals surface area (Å²) in [6, 6.07) is 15.8. The molecule has 6 atom stereocenters. The first-order chi connectivity index (χ1) is 27.9. The maximum Gasteiger partial charge on any atom is 0.165 e. The van der Waals surface area contributed by atoms with E-state index in [2.05, 4.69) is 72.8 Å². The molecule has 1 aliphatic rings. The molecule has 0 aromatic heterocycles. The SMILES string of the molecule is CC=C(CCC1CCCC(C(=O)c2ccc(OC)cc2)CC1)C(C)=CC=C(C=C(C)CC)C(=O)CCCC(CCC)C(F)CC(C)C(C)Cc1ccc(OCC)cc1. The van der Waals surface area contributed by atoms with Crippen LogP contribution in [0.5, 0.6) is 11.5 Å². The standard InChI is InChI=1S/C53H77FO4/c1-10-16-45(51(54)37-41(8)40(7)36-43-24-31-50(32-25-43)58-13-4)18-15-20-52(55)48(35-38(5)11-2)26-21-39(6)44(12-3)27-22-42-17-14-19-46(28-23-42)53(56)47-29-33-49(57-9)34-30-47/h12,21,24-26,29-35,40-42,45-46,51H,10-11,13-20,22-23,27-28,36-37H2,1-9H3. The minimum atomic E-state index is -0.865. The van der Waals surface area contributed by atoms with Crippen LogP contribution in [0.2, 0.25) is 0 Å². The van der Waals surface area contributed by atoms with Gasteiger partial charge in [-0.15, -0.1) is 0 Å². The highest BCUT2D eigenvalue weighted by Gasteiger charge is 2.27. The molecular weight excluding hydrogens is 720 g/mol. The third-order valence-corrected chi connectivity index (χ3v) is 12.8. The number of rotatable bonds is 25. The van der Waals surface area contributed by atoms with Crippen molar-refractivity contribution in [3.8, 4) is 11.5 Å². The zero-order valence-electron chi connectivity index (χ0n) is 37.7. The Morgan fingerprint density at radius 2 is 1.57 bits per heavy atom. The van der Waals surface area contributed by atoms with Gasteiger partial charge in [-0.25, -0.2) is 4.39 Å². The van der Waals surface area contributed by atoms with Crippen molar-refractivity contribution < 1.29 is 23.5 Å². The number of Topliss-reactive ketones (excluding diaryl/α,β-unsaturated/α-hetero) is 2. The van der Waals surface area contributed by atoms with Crippen molar-refractivity contribution in [2.45, 2.75) is 158 Å². The van der Waals surface area contributed by atoms with E-state index in [-0.39, 0.29) is 29.3 Å². The molecule has 0 radical (unpaired) electrons. The van der Waals surface area contributed by atoms with E-state index in [1.54, 1.807) is 7.11 Å². The molecule has 4 nitrogen and oxygen atoms in total. The molecule has 0 amide bonds. The van der Waals surface area contributed by atoms with Crippen LogP contribution in [0.15, 0.2) is 95.1 Å². The molecule has 0 heterocycles. The molecule has 2 aromatic carbocycles. The Bertz CT molecular complexity index is 1650. The van der Waals surface area contributed by atoms with Gasteiger partial charge in [-0.1, -0.05) is 89.0 Å². The fraction of sp³-hybridized carbons (Fsp3) is 0.585. The number of halogens is 1. The first-order valence-electron chi connectivity index (χ1n) is 22.7. The molecule has 3 rings (SSSR count). The number of methoxy groups -OCH3 is 1. The number of ether oxygens (including phenoxy) is 2. The molecule has 6 unspecified atom stereocenters. The summed E-state index contributed by atoms with van der Waals surface area (Å²) in [6.07, 6.45) is 20.9. The topological polar surface area (TPSA) is 52.6 Å². The fourth-order valence-corrected chi connectivity index (χ4v) is 8.55. The molecule has 0 saturated heterocycles. The van der Waals surface area contributed by atoms with Crippen LogP contribution in [-0.2, 0) is 11.2 Å². The smallest absolute Gasteiger partial charge is 0.165 e. The molecule has 2 aromatic rings. The lowest BCUT2D eigenvalue weighted by Crippen LogP contribution is -2.23. The van der Waals surface area contributed by atoms with E-state index in [1.807, 2.05) is 55.5 Å². The van der Waals surface area contributed by atoms with Gasteiger partial charge in [-0.05, 0) is 175 Å². The monoisotopic (exact) mass is 797 g/mol. The molecule has 58 heavy (non-hydrogen) atoms. The Morgan fingerprint density at radius 3 is 2.21 bits per heavy atom. The Hall–Kier alpha value is -3.73. The summed E-state index contributed by atoms with van der Waals surface area (Å²) < 4.78 is 26.8. The summed E-state index contributed by atoms with van der Waals surface area (Å²) in [5.74, 6) is 3.37. The lowest BCUT2D eigenvalue weighted by molar-refractivity contribution is -0.115. The van der Waals surface area contributed by atoms with E-state index >= 15 is 4.39 Å². The second-order valence-electron chi connectivity index (χ2n) is 17.2. The molecule has 0 spiro atoms.